The summed E-state index contributed by atoms with van der Waals surface area (Å²) in [5, 5.41) is 13.3. The first kappa shape index (κ1) is 20.0. The van der Waals surface area contributed by atoms with Crippen molar-refractivity contribution >= 4 is 29.2 Å². The summed E-state index contributed by atoms with van der Waals surface area (Å²) in [4.78, 5) is 13.7. The number of aliphatic hydroxyl groups is 1. The molecular formula is C20H22Cl2N2O3. The highest BCUT2D eigenvalue weighted by Crippen LogP contribution is 2.31. The van der Waals surface area contributed by atoms with Gasteiger partial charge in [0.05, 0.1) is 25.3 Å². The monoisotopic (exact) mass is 408 g/mol. The summed E-state index contributed by atoms with van der Waals surface area (Å²) < 4.78 is 6.29. The van der Waals surface area contributed by atoms with E-state index in [1.165, 1.54) is 0 Å². The Bertz CT molecular complexity index is 714. The van der Waals surface area contributed by atoms with Gasteiger partial charge in [-0.2, -0.15) is 0 Å². The largest absolute Gasteiger partial charge is 0.392 e. The lowest BCUT2D eigenvalue weighted by Crippen LogP contribution is -2.58. The average Bonchev–Trinajstić information content (AvgIpc) is 2.61. The minimum atomic E-state index is -0.568. The normalized spacial score (nSPS) is 15.5. The van der Waals surface area contributed by atoms with Crippen LogP contribution in [0.1, 0.15) is 24.2 Å². The van der Waals surface area contributed by atoms with Crippen LogP contribution < -0.4 is 5.32 Å². The van der Waals surface area contributed by atoms with Gasteiger partial charge in [0.2, 0.25) is 0 Å². The van der Waals surface area contributed by atoms with E-state index in [4.69, 9.17) is 27.9 Å². The summed E-state index contributed by atoms with van der Waals surface area (Å²) in [6, 6.07) is 14.9. The molecule has 5 nitrogen and oxygen atoms in total. The van der Waals surface area contributed by atoms with E-state index < -0.39 is 6.10 Å². The molecule has 1 heterocycles. The topological polar surface area (TPSA) is 61.8 Å². The van der Waals surface area contributed by atoms with Gasteiger partial charge in [-0.05, 0) is 42.3 Å². The molecule has 1 saturated heterocycles. The molecule has 2 aromatic rings. The van der Waals surface area contributed by atoms with Crippen LogP contribution in [0, 0.1) is 0 Å². The number of halogens is 2. The molecule has 1 atom stereocenters. The predicted octanol–water partition coefficient (Wildman–Crippen LogP) is 3.87. The summed E-state index contributed by atoms with van der Waals surface area (Å²) in [7, 11) is 0. The second-order valence-corrected chi connectivity index (χ2v) is 7.55. The van der Waals surface area contributed by atoms with E-state index in [1.54, 1.807) is 11.8 Å². The van der Waals surface area contributed by atoms with Gasteiger partial charge in [-0.3, -0.25) is 0 Å². The molecule has 7 heteroatoms. The Balaban J connectivity index is 1.66. The molecule has 2 N–H and O–H groups in total. The highest BCUT2D eigenvalue weighted by Gasteiger charge is 2.34. The Hall–Kier alpha value is -1.79. The van der Waals surface area contributed by atoms with Crippen molar-refractivity contribution in [2.75, 3.05) is 19.6 Å². The smallest absolute Gasteiger partial charge is 0.317 e. The van der Waals surface area contributed by atoms with Crippen LogP contribution in [0.15, 0.2) is 48.5 Å². The van der Waals surface area contributed by atoms with Crippen LogP contribution in [0.5, 0.6) is 0 Å². The van der Waals surface area contributed by atoms with Crippen molar-refractivity contribution in [1.29, 1.82) is 0 Å². The Morgan fingerprint density at radius 3 is 2.04 bits per heavy atom. The molecule has 1 fully saturated rings. The molecule has 0 spiro atoms. The molecule has 0 saturated carbocycles. The number of nitrogens with one attached hydrogen (secondary N) is 1. The summed E-state index contributed by atoms with van der Waals surface area (Å²) in [5.41, 5.74) is 1.97. The molecule has 1 unspecified atom stereocenters. The minimum Gasteiger partial charge on any atom is -0.392 e. The maximum Gasteiger partial charge on any atom is 0.317 e. The number of amides is 2. The van der Waals surface area contributed by atoms with Crippen LogP contribution in [0.3, 0.4) is 0 Å². The number of nitrogens with zero attached hydrogens (tertiary/aromatic N) is 1. The lowest BCUT2D eigenvalue weighted by molar-refractivity contribution is -0.0647. The van der Waals surface area contributed by atoms with E-state index in [0.717, 1.165) is 11.1 Å². The molecule has 2 aromatic carbocycles. The molecule has 27 heavy (non-hydrogen) atoms. The standard InChI is InChI=1S/C20H22Cl2N2O3/c1-13(25)10-23-20(26)24-11-18(12-24)27-19(14-2-6-16(21)7-3-14)15-4-8-17(22)9-5-15/h2-9,13,18-19,25H,10-12H2,1H3,(H,23,26). The lowest BCUT2D eigenvalue weighted by atomic mass is 10.0. The van der Waals surface area contributed by atoms with Crippen molar-refractivity contribution in [3.05, 3.63) is 69.7 Å². The summed E-state index contributed by atoms with van der Waals surface area (Å²) in [6.07, 6.45) is -0.910. The molecule has 144 valence electrons. The number of rotatable bonds is 6. The fourth-order valence-electron chi connectivity index (χ4n) is 2.85. The summed E-state index contributed by atoms with van der Waals surface area (Å²) >= 11 is 12.0. The number of likely N-dealkylation sites (tertiary alicyclic amines) is 1. The minimum absolute atomic E-state index is 0.0707. The van der Waals surface area contributed by atoms with Crippen LogP contribution in [-0.2, 0) is 4.74 Å². The Morgan fingerprint density at radius 2 is 1.59 bits per heavy atom. The van der Waals surface area contributed by atoms with Crippen molar-refractivity contribution in [3.63, 3.8) is 0 Å². The van der Waals surface area contributed by atoms with Gasteiger partial charge in [0.25, 0.3) is 0 Å². The number of carbonyl (C=O) groups is 1. The van der Waals surface area contributed by atoms with E-state index in [0.29, 0.717) is 23.1 Å². The fourth-order valence-corrected chi connectivity index (χ4v) is 3.11. The molecular weight excluding hydrogens is 387 g/mol. The number of urea groups is 1. The zero-order valence-electron chi connectivity index (χ0n) is 14.9. The highest BCUT2D eigenvalue weighted by molar-refractivity contribution is 6.30. The first-order chi connectivity index (χ1) is 12.9. The van der Waals surface area contributed by atoms with Crippen LogP contribution in [-0.4, -0.2) is 47.9 Å². The summed E-state index contributed by atoms with van der Waals surface area (Å²) in [5.74, 6) is 0. The van der Waals surface area contributed by atoms with Gasteiger partial charge in [-0.25, -0.2) is 4.79 Å². The van der Waals surface area contributed by atoms with E-state index in [9.17, 15) is 9.90 Å². The van der Waals surface area contributed by atoms with E-state index in [1.807, 2.05) is 48.5 Å². The zero-order valence-corrected chi connectivity index (χ0v) is 16.5. The molecule has 3 rings (SSSR count). The second kappa shape index (κ2) is 8.93. The van der Waals surface area contributed by atoms with Gasteiger partial charge in [-0.15, -0.1) is 0 Å². The Labute approximate surface area is 168 Å². The second-order valence-electron chi connectivity index (χ2n) is 6.68. The van der Waals surface area contributed by atoms with Gasteiger partial charge in [0.15, 0.2) is 0 Å². The van der Waals surface area contributed by atoms with Gasteiger partial charge in [-0.1, -0.05) is 47.5 Å². The van der Waals surface area contributed by atoms with E-state index >= 15 is 0 Å². The molecule has 1 aliphatic heterocycles. The molecule has 2 amide bonds. The van der Waals surface area contributed by atoms with Crippen LogP contribution in [0.4, 0.5) is 4.79 Å². The van der Waals surface area contributed by atoms with Crippen molar-refractivity contribution in [2.24, 2.45) is 0 Å². The average molecular weight is 409 g/mol. The maximum absolute atomic E-state index is 12.0. The number of benzene rings is 2. The third-order valence-corrected chi connectivity index (χ3v) is 4.86. The number of aliphatic hydroxyl groups excluding tert-OH is 1. The van der Waals surface area contributed by atoms with E-state index in [2.05, 4.69) is 5.32 Å². The number of carbonyl (C=O) groups excluding carboxylic acids is 1. The molecule has 0 aromatic heterocycles. The first-order valence-electron chi connectivity index (χ1n) is 8.79. The van der Waals surface area contributed by atoms with Crippen LogP contribution in [0.2, 0.25) is 10.0 Å². The zero-order chi connectivity index (χ0) is 19.4. The molecule has 1 aliphatic rings. The van der Waals surface area contributed by atoms with Crippen molar-refractivity contribution in [1.82, 2.24) is 10.2 Å². The fraction of sp³-hybridized carbons (Fsp3) is 0.350. The quantitative estimate of drug-likeness (QED) is 0.762. The van der Waals surface area contributed by atoms with Gasteiger partial charge in [0, 0.05) is 16.6 Å². The summed E-state index contributed by atoms with van der Waals surface area (Å²) in [6.45, 7) is 2.87. The molecule has 0 aliphatic carbocycles. The SMILES string of the molecule is CC(O)CNC(=O)N1CC(OC(c2ccc(Cl)cc2)c2ccc(Cl)cc2)C1. The van der Waals surface area contributed by atoms with Gasteiger partial charge in [0.1, 0.15) is 6.10 Å². The van der Waals surface area contributed by atoms with Crippen molar-refractivity contribution < 1.29 is 14.6 Å². The van der Waals surface area contributed by atoms with Crippen LogP contribution in [0.25, 0.3) is 0 Å². The lowest BCUT2D eigenvalue weighted by Gasteiger charge is -2.40. The number of hydrogen-bond acceptors (Lipinski definition) is 3. The van der Waals surface area contributed by atoms with Crippen molar-refractivity contribution in [3.8, 4) is 0 Å². The van der Waals surface area contributed by atoms with E-state index in [-0.39, 0.29) is 24.8 Å². The van der Waals surface area contributed by atoms with Crippen LogP contribution >= 0.6 is 23.2 Å². The Morgan fingerprint density at radius 1 is 1.11 bits per heavy atom. The third kappa shape index (κ3) is 5.36. The predicted molar refractivity (Wildman–Crippen MR) is 106 cm³/mol. The van der Waals surface area contributed by atoms with Crippen molar-refractivity contribution in [2.45, 2.75) is 25.2 Å². The molecule has 0 radical (unpaired) electrons. The Kier molecular flexibility index (Phi) is 6.60. The third-order valence-electron chi connectivity index (χ3n) is 4.36. The maximum atomic E-state index is 12.0. The number of hydrogen-bond donors (Lipinski definition) is 2. The first-order valence-corrected chi connectivity index (χ1v) is 9.55. The molecule has 0 bridgehead atoms. The van der Waals surface area contributed by atoms with Gasteiger partial charge >= 0.3 is 6.03 Å². The highest BCUT2D eigenvalue weighted by atomic mass is 35.5. The van der Waals surface area contributed by atoms with Gasteiger partial charge < -0.3 is 20.1 Å². The number of ether oxygens (including phenoxy) is 1.